The molecular formula is C18H23NO. The lowest BCUT2D eigenvalue weighted by Crippen LogP contribution is -2.35. The third-order valence-corrected chi connectivity index (χ3v) is 3.70. The second-order valence-electron chi connectivity index (χ2n) is 5.78. The van der Waals surface area contributed by atoms with E-state index in [-0.39, 0.29) is 0 Å². The van der Waals surface area contributed by atoms with Crippen molar-refractivity contribution in [3.63, 3.8) is 0 Å². The first-order valence-electron chi connectivity index (χ1n) is 6.92. The molecule has 2 heteroatoms. The summed E-state index contributed by atoms with van der Waals surface area (Å²) in [7, 11) is 1.70. The first kappa shape index (κ1) is 14.6. The van der Waals surface area contributed by atoms with Crippen LogP contribution in [0.2, 0.25) is 0 Å². The molecule has 0 radical (unpaired) electrons. The molecule has 20 heavy (non-hydrogen) atoms. The zero-order valence-corrected chi connectivity index (χ0v) is 12.7. The van der Waals surface area contributed by atoms with Crippen molar-refractivity contribution >= 4 is 0 Å². The van der Waals surface area contributed by atoms with Gasteiger partial charge in [-0.2, -0.15) is 0 Å². The van der Waals surface area contributed by atoms with E-state index in [1.54, 1.807) is 7.11 Å². The molecule has 0 aromatic heterocycles. The van der Waals surface area contributed by atoms with E-state index in [1.165, 1.54) is 11.1 Å². The zero-order valence-electron chi connectivity index (χ0n) is 12.7. The Bertz CT molecular complexity index is 585. The molecule has 106 valence electrons. The molecule has 0 amide bonds. The molecule has 0 heterocycles. The van der Waals surface area contributed by atoms with Crippen LogP contribution in [-0.4, -0.2) is 7.11 Å². The van der Waals surface area contributed by atoms with Crippen molar-refractivity contribution in [2.75, 3.05) is 7.11 Å². The smallest absolute Gasteiger partial charge is 0.122 e. The lowest BCUT2D eigenvalue weighted by atomic mass is 9.85. The molecule has 0 aliphatic rings. The average Bonchev–Trinajstić information content (AvgIpc) is 2.39. The molecule has 0 aliphatic heterocycles. The second kappa shape index (κ2) is 5.68. The van der Waals surface area contributed by atoms with Gasteiger partial charge in [0.2, 0.25) is 0 Å². The first-order chi connectivity index (χ1) is 9.42. The Labute approximate surface area is 121 Å². The van der Waals surface area contributed by atoms with Crippen molar-refractivity contribution in [3.05, 3.63) is 64.7 Å². The molecule has 1 unspecified atom stereocenters. The summed E-state index contributed by atoms with van der Waals surface area (Å²) in [4.78, 5) is 0. The molecule has 1 atom stereocenters. The Morgan fingerprint density at radius 2 is 1.60 bits per heavy atom. The van der Waals surface area contributed by atoms with Gasteiger partial charge in [-0.1, -0.05) is 47.5 Å². The fourth-order valence-electron chi connectivity index (χ4n) is 2.48. The third-order valence-electron chi connectivity index (χ3n) is 3.70. The van der Waals surface area contributed by atoms with Gasteiger partial charge in [-0.15, -0.1) is 0 Å². The topological polar surface area (TPSA) is 35.2 Å². The van der Waals surface area contributed by atoms with E-state index < -0.39 is 5.54 Å². The summed E-state index contributed by atoms with van der Waals surface area (Å²) in [5, 5.41) is 0. The van der Waals surface area contributed by atoms with Crippen LogP contribution in [0.25, 0.3) is 0 Å². The maximum atomic E-state index is 6.54. The highest BCUT2D eigenvalue weighted by molar-refractivity contribution is 5.39. The molecule has 0 aliphatic carbocycles. The summed E-state index contributed by atoms with van der Waals surface area (Å²) in [6.45, 7) is 6.24. The highest BCUT2D eigenvalue weighted by Gasteiger charge is 2.23. The summed E-state index contributed by atoms with van der Waals surface area (Å²) in [5.74, 6) is 0.902. The monoisotopic (exact) mass is 269 g/mol. The molecule has 2 rings (SSSR count). The van der Waals surface area contributed by atoms with Crippen LogP contribution < -0.4 is 10.5 Å². The fourth-order valence-corrected chi connectivity index (χ4v) is 2.48. The predicted octanol–water partition coefficient (Wildman–Crippen LogP) is 3.73. The largest absolute Gasteiger partial charge is 0.496 e. The van der Waals surface area contributed by atoms with E-state index in [4.69, 9.17) is 10.5 Å². The van der Waals surface area contributed by atoms with E-state index in [0.29, 0.717) is 0 Å². The minimum atomic E-state index is -0.408. The number of rotatable bonds is 4. The van der Waals surface area contributed by atoms with Crippen LogP contribution in [0.3, 0.4) is 0 Å². The Balaban J connectivity index is 2.32. The van der Waals surface area contributed by atoms with Crippen LogP contribution in [0.4, 0.5) is 0 Å². The van der Waals surface area contributed by atoms with E-state index in [1.807, 2.05) is 6.07 Å². The van der Waals surface area contributed by atoms with E-state index in [2.05, 4.69) is 57.2 Å². The number of hydrogen-bond acceptors (Lipinski definition) is 2. The maximum absolute atomic E-state index is 6.54. The Morgan fingerprint density at radius 3 is 2.20 bits per heavy atom. The average molecular weight is 269 g/mol. The molecular weight excluding hydrogens is 246 g/mol. The minimum Gasteiger partial charge on any atom is -0.496 e. The quantitative estimate of drug-likeness (QED) is 0.918. The Hall–Kier alpha value is -1.80. The summed E-state index contributed by atoms with van der Waals surface area (Å²) in [6, 6.07) is 14.6. The van der Waals surface area contributed by atoms with Gasteiger partial charge in [-0.05, 0) is 44.4 Å². The highest BCUT2D eigenvalue weighted by Crippen LogP contribution is 2.28. The minimum absolute atomic E-state index is 0.408. The van der Waals surface area contributed by atoms with Gasteiger partial charge in [0, 0.05) is 5.54 Å². The molecule has 2 aromatic rings. The Kier molecular flexibility index (Phi) is 4.15. The van der Waals surface area contributed by atoms with Gasteiger partial charge in [-0.25, -0.2) is 0 Å². The van der Waals surface area contributed by atoms with E-state index in [9.17, 15) is 0 Å². The number of nitrogens with two attached hydrogens (primary N) is 1. The van der Waals surface area contributed by atoms with Gasteiger partial charge in [0.05, 0.1) is 7.11 Å². The van der Waals surface area contributed by atoms with Crippen LogP contribution in [0.5, 0.6) is 5.75 Å². The number of aryl methyl sites for hydroxylation is 2. The summed E-state index contributed by atoms with van der Waals surface area (Å²) in [6.07, 6.45) is 0.751. The summed E-state index contributed by atoms with van der Waals surface area (Å²) >= 11 is 0. The van der Waals surface area contributed by atoms with E-state index >= 15 is 0 Å². The van der Waals surface area contributed by atoms with Gasteiger partial charge in [-0.3, -0.25) is 0 Å². The van der Waals surface area contributed by atoms with Gasteiger partial charge in [0.15, 0.2) is 0 Å². The van der Waals surface area contributed by atoms with E-state index in [0.717, 1.165) is 23.3 Å². The highest BCUT2D eigenvalue weighted by atomic mass is 16.5. The van der Waals surface area contributed by atoms with Crippen LogP contribution in [-0.2, 0) is 12.0 Å². The van der Waals surface area contributed by atoms with Crippen molar-refractivity contribution in [1.29, 1.82) is 0 Å². The molecule has 2 N–H and O–H groups in total. The maximum Gasteiger partial charge on any atom is 0.122 e. The van der Waals surface area contributed by atoms with Crippen molar-refractivity contribution in [2.24, 2.45) is 5.73 Å². The standard InChI is InChI=1S/C18H23NO/c1-13-5-8-16(9-6-13)18(3,19)12-15-11-14(2)7-10-17(15)20-4/h5-11H,12,19H2,1-4H3. The molecule has 2 nitrogen and oxygen atoms in total. The Morgan fingerprint density at radius 1 is 1.00 bits per heavy atom. The summed E-state index contributed by atoms with van der Waals surface area (Å²) < 4.78 is 5.45. The van der Waals surface area contributed by atoms with Crippen LogP contribution in [0.15, 0.2) is 42.5 Å². The van der Waals surface area contributed by atoms with Crippen molar-refractivity contribution in [3.8, 4) is 5.75 Å². The predicted molar refractivity (Wildman–Crippen MR) is 84.2 cm³/mol. The van der Waals surface area contributed by atoms with Crippen LogP contribution in [0.1, 0.15) is 29.2 Å². The van der Waals surface area contributed by atoms with Crippen molar-refractivity contribution in [2.45, 2.75) is 32.7 Å². The molecule has 0 bridgehead atoms. The number of ether oxygens (including phenoxy) is 1. The SMILES string of the molecule is COc1ccc(C)cc1CC(C)(N)c1ccc(C)cc1. The molecule has 0 spiro atoms. The second-order valence-corrected chi connectivity index (χ2v) is 5.78. The molecule has 0 fully saturated rings. The fraction of sp³-hybridized carbons (Fsp3) is 0.333. The normalized spacial score (nSPS) is 13.8. The zero-order chi connectivity index (χ0) is 14.8. The van der Waals surface area contributed by atoms with Gasteiger partial charge >= 0.3 is 0 Å². The van der Waals surface area contributed by atoms with Gasteiger partial charge < -0.3 is 10.5 Å². The van der Waals surface area contributed by atoms with Gasteiger partial charge in [0.25, 0.3) is 0 Å². The number of hydrogen-bond donors (Lipinski definition) is 1. The molecule has 0 saturated heterocycles. The van der Waals surface area contributed by atoms with Crippen LogP contribution >= 0.6 is 0 Å². The van der Waals surface area contributed by atoms with Crippen molar-refractivity contribution in [1.82, 2.24) is 0 Å². The number of methoxy groups -OCH3 is 1. The molecule has 2 aromatic carbocycles. The first-order valence-corrected chi connectivity index (χ1v) is 6.92. The van der Waals surface area contributed by atoms with Crippen LogP contribution in [0, 0.1) is 13.8 Å². The number of benzene rings is 2. The van der Waals surface area contributed by atoms with Crippen molar-refractivity contribution < 1.29 is 4.74 Å². The molecule has 0 saturated carbocycles. The van der Waals surface area contributed by atoms with Gasteiger partial charge in [0.1, 0.15) is 5.75 Å². The lowest BCUT2D eigenvalue weighted by molar-refractivity contribution is 0.399. The summed E-state index contributed by atoms with van der Waals surface area (Å²) in [5.41, 5.74) is 10.9. The third kappa shape index (κ3) is 3.20. The lowest BCUT2D eigenvalue weighted by Gasteiger charge is -2.26.